The van der Waals surface area contributed by atoms with Crippen molar-refractivity contribution in [3.05, 3.63) is 87.3 Å². The average Bonchev–Trinajstić information content (AvgIpc) is 3.27. The first-order valence-corrected chi connectivity index (χ1v) is 13.4. The number of rotatable bonds is 10. The summed E-state index contributed by atoms with van der Waals surface area (Å²) in [6.45, 7) is 5.46. The standard InChI is InChI=1S/C24H26ClF3N2O2S2/c1-3-30(15-18-5-4-6-20(13-18)24(26,27)28)16-22-11-12-23(33-22)34(31,32)29-14-17(2)19-7-9-21(25)10-8-19/h4-13,17,29H,3,14-16H2,1-2H3. The van der Waals surface area contributed by atoms with Crippen LogP contribution < -0.4 is 4.72 Å². The molecule has 0 radical (unpaired) electrons. The summed E-state index contributed by atoms with van der Waals surface area (Å²) in [5.41, 5.74) is 0.857. The summed E-state index contributed by atoms with van der Waals surface area (Å²) < 4.78 is 67.4. The van der Waals surface area contributed by atoms with E-state index < -0.39 is 21.8 Å². The number of hydrogen-bond acceptors (Lipinski definition) is 4. The normalized spacial score (nSPS) is 13.4. The molecule has 0 fully saturated rings. The zero-order valence-electron chi connectivity index (χ0n) is 18.8. The Morgan fingerprint density at radius 1 is 1.06 bits per heavy atom. The molecule has 4 nitrogen and oxygen atoms in total. The van der Waals surface area contributed by atoms with Crippen LogP contribution in [-0.4, -0.2) is 26.4 Å². The number of nitrogens with one attached hydrogen (secondary N) is 1. The van der Waals surface area contributed by atoms with Gasteiger partial charge in [-0.1, -0.05) is 55.8 Å². The van der Waals surface area contributed by atoms with E-state index in [2.05, 4.69) is 4.72 Å². The Kier molecular flexibility index (Phi) is 8.81. The number of halogens is 4. The van der Waals surface area contributed by atoms with Crippen LogP contribution >= 0.6 is 22.9 Å². The first-order valence-electron chi connectivity index (χ1n) is 10.7. The highest BCUT2D eigenvalue weighted by molar-refractivity contribution is 7.91. The van der Waals surface area contributed by atoms with E-state index in [4.69, 9.17) is 11.6 Å². The van der Waals surface area contributed by atoms with Gasteiger partial charge in [0.05, 0.1) is 5.56 Å². The third-order valence-electron chi connectivity index (χ3n) is 5.41. The third kappa shape index (κ3) is 7.29. The van der Waals surface area contributed by atoms with Crippen LogP contribution in [0.3, 0.4) is 0 Å². The maximum atomic E-state index is 13.0. The van der Waals surface area contributed by atoms with Crippen molar-refractivity contribution in [2.45, 2.75) is 43.2 Å². The maximum absolute atomic E-state index is 13.0. The Morgan fingerprint density at radius 2 is 1.76 bits per heavy atom. The van der Waals surface area contributed by atoms with E-state index in [1.807, 2.05) is 30.9 Å². The molecule has 1 aromatic heterocycles. The maximum Gasteiger partial charge on any atom is 0.416 e. The summed E-state index contributed by atoms with van der Waals surface area (Å²) >= 11 is 7.07. The van der Waals surface area contributed by atoms with E-state index in [9.17, 15) is 21.6 Å². The SMILES string of the molecule is CCN(Cc1cccc(C(F)(F)F)c1)Cc1ccc(S(=O)(=O)NCC(C)c2ccc(Cl)cc2)s1. The van der Waals surface area contributed by atoms with Gasteiger partial charge in [0.15, 0.2) is 0 Å². The number of alkyl halides is 3. The van der Waals surface area contributed by atoms with Gasteiger partial charge in [-0.2, -0.15) is 13.2 Å². The van der Waals surface area contributed by atoms with Crippen molar-refractivity contribution < 1.29 is 21.6 Å². The van der Waals surface area contributed by atoms with Crippen molar-refractivity contribution in [3.63, 3.8) is 0 Å². The van der Waals surface area contributed by atoms with Crippen LogP contribution in [0.15, 0.2) is 64.9 Å². The van der Waals surface area contributed by atoms with E-state index >= 15 is 0 Å². The van der Waals surface area contributed by atoms with E-state index in [0.29, 0.717) is 30.2 Å². The zero-order chi connectivity index (χ0) is 24.9. The summed E-state index contributed by atoms with van der Waals surface area (Å²) in [5.74, 6) is -0.0329. The Bertz CT molecular complexity index is 1200. The fourth-order valence-electron chi connectivity index (χ4n) is 3.41. The molecule has 10 heteroatoms. The van der Waals surface area contributed by atoms with Crippen molar-refractivity contribution in [1.29, 1.82) is 0 Å². The molecule has 0 aliphatic heterocycles. The van der Waals surface area contributed by atoms with Crippen LogP contribution in [0.25, 0.3) is 0 Å². The quantitative estimate of drug-likeness (QED) is 0.324. The number of benzene rings is 2. The molecule has 0 saturated carbocycles. The Hall–Kier alpha value is -1.91. The molecule has 1 atom stereocenters. The molecule has 34 heavy (non-hydrogen) atoms. The lowest BCUT2D eigenvalue weighted by Crippen LogP contribution is -2.27. The molecule has 1 unspecified atom stereocenters. The van der Waals surface area contributed by atoms with Gasteiger partial charge in [-0.3, -0.25) is 4.90 Å². The molecule has 184 valence electrons. The summed E-state index contributed by atoms with van der Waals surface area (Å²) in [7, 11) is -3.68. The summed E-state index contributed by atoms with van der Waals surface area (Å²) in [6, 6.07) is 15.9. The van der Waals surface area contributed by atoms with E-state index in [1.165, 1.54) is 6.07 Å². The number of thiophene rings is 1. The first kappa shape index (κ1) is 26.7. The Morgan fingerprint density at radius 3 is 2.41 bits per heavy atom. The lowest BCUT2D eigenvalue weighted by Gasteiger charge is -2.20. The smallest absolute Gasteiger partial charge is 0.294 e. The monoisotopic (exact) mass is 530 g/mol. The molecular formula is C24H26ClF3N2O2S2. The highest BCUT2D eigenvalue weighted by atomic mass is 35.5. The highest BCUT2D eigenvalue weighted by Gasteiger charge is 2.30. The highest BCUT2D eigenvalue weighted by Crippen LogP contribution is 2.30. The minimum atomic E-state index is -4.39. The average molecular weight is 531 g/mol. The fraction of sp³-hybridized carbons (Fsp3) is 0.333. The van der Waals surface area contributed by atoms with E-state index in [0.717, 1.165) is 33.9 Å². The van der Waals surface area contributed by atoms with Crippen LogP contribution in [0, 0.1) is 0 Å². The minimum absolute atomic E-state index is 0.0329. The van der Waals surface area contributed by atoms with Crippen LogP contribution in [0.2, 0.25) is 5.02 Å². The largest absolute Gasteiger partial charge is 0.416 e. The fourth-order valence-corrected chi connectivity index (χ4v) is 6.11. The molecule has 3 aromatic rings. The van der Waals surface area contributed by atoms with Gasteiger partial charge in [-0.05, 0) is 53.9 Å². The number of nitrogens with zero attached hydrogens (tertiary/aromatic N) is 1. The molecular weight excluding hydrogens is 505 g/mol. The van der Waals surface area contributed by atoms with Crippen molar-refractivity contribution in [2.24, 2.45) is 0 Å². The summed E-state index contributed by atoms with van der Waals surface area (Å²) in [6.07, 6.45) is -4.39. The molecule has 2 aromatic carbocycles. The van der Waals surface area contributed by atoms with Crippen molar-refractivity contribution in [3.8, 4) is 0 Å². The minimum Gasteiger partial charge on any atom is -0.294 e. The molecule has 1 heterocycles. The van der Waals surface area contributed by atoms with Crippen LogP contribution in [0.1, 0.15) is 41.3 Å². The predicted molar refractivity (Wildman–Crippen MR) is 131 cm³/mol. The second-order valence-corrected chi connectivity index (χ2v) is 11.6. The van der Waals surface area contributed by atoms with Gasteiger partial charge >= 0.3 is 6.18 Å². The lowest BCUT2D eigenvalue weighted by atomic mass is 10.0. The van der Waals surface area contributed by atoms with Gasteiger partial charge in [0.25, 0.3) is 0 Å². The Labute approximate surface area is 207 Å². The lowest BCUT2D eigenvalue weighted by molar-refractivity contribution is -0.137. The number of hydrogen-bond donors (Lipinski definition) is 1. The molecule has 0 saturated heterocycles. The topological polar surface area (TPSA) is 49.4 Å². The Balaban J connectivity index is 1.62. The van der Waals surface area contributed by atoms with Gasteiger partial charge < -0.3 is 0 Å². The van der Waals surface area contributed by atoms with Gasteiger partial charge in [0.1, 0.15) is 4.21 Å². The molecule has 0 aliphatic rings. The van der Waals surface area contributed by atoms with Gasteiger partial charge in [0, 0.05) is 29.5 Å². The third-order valence-corrected chi connectivity index (χ3v) is 8.64. The van der Waals surface area contributed by atoms with Crippen LogP contribution in [-0.2, 0) is 29.3 Å². The van der Waals surface area contributed by atoms with Crippen molar-refractivity contribution >= 4 is 33.0 Å². The van der Waals surface area contributed by atoms with Gasteiger partial charge in [0.2, 0.25) is 10.0 Å². The molecule has 3 rings (SSSR count). The second-order valence-electron chi connectivity index (χ2n) is 8.03. The molecule has 0 spiro atoms. The number of sulfonamides is 1. The zero-order valence-corrected chi connectivity index (χ0v) is 21.2. The van der Waals surface area contributed by atoms with Crippen LogP contribution in [0.5, 0.6) is 0 Å². The summed E-state index contributed by atoms with van der Waals surface area (Å²) in [4.78, 5) is 2.79. The van der Waals surface area contributed by atoms with E-state index in [-0.39, 0.29) is 16.7 Å². The first-order chi connectivity index (χ1) is 16.0. The van der Waals surface area contributed by atoms with E-state index in [1.54, 1.807) is 30.3 Å². The summed E-state index contributed by atoms with van der Waals surface area (Å²) in [5, 5.41) is 0.622. The van der Waals surface area contributed by atoms with Crippen molar-refractivity contribution in [1.82, 2.24) is 9.62 Å². The second kappa shape index (κ2) is 11.2. The molecule has 0 bridgehead atoms. The van der Waals surface area contributed by atoms with Crippen molar-refractivity contribution in [2.75, 3.05) is 13.1 Å². The van der Waals surface area contributed by atoms with Gasteiger partial charge in [-0.15, -0.1) is 11.3 Å². The molecule has 1 N–H and O–H groups in total. The molecule has 0 aliphatic carbocycles. The van der Waals surface area contributed by atoms with Crippen LogP contribution in [0.4, 0.5) is 13.2 Å². The molecule has 0 amide bonds. The predicted octanol–water partition coefficient (Wildman–Crippen LogP) is 6.52. The van der Waals surface area contributed by atoms with Gasteiger partial charge in [-0.25, -0.2) is 13.1 Å².